The van der Waals surface area contributed by atoms with Crippen molar-refractivity contribution < 1.29 is 40.8 Å². The molecule has 40 heavy (non-hydrogen) atoms. The van der Waals surface area contributed by atoms with Crippen molar-refractivity contribution in [2.24, 2.45) is 5.92 Å². The number of fused-ring (bicyclic) bond motifs is 1. The van der Waals surface area contributed by atoms with E-state index < -0.39 is 46.1 Å². The predicted octanol–water partition coefficient (Wildman–Crippen LogP) is 2.36. The largest absolute Gasteiger partial charge is 0.434 e. The number of aryl methyl sites for hydroxylation is 1. The van der Waals surface area contributed by atoms with Crippen molar-refractivity contribution in [3.63, 3.8) is 0 Å². The summed E-state index contributed by atoms with van der Waals surface area (Å²) in [5.41, 5.74) is -0.324. The zero-order valence-corrected chi connectivity index (χ0v) is 22.6. The van der Waals surface area contributed by atoms with E-state index in [0.717, 1.165) is 17.5 Å². The summed E-state index contributed by atoms with van der Waals surface area (Å²) in [4.78, 5) is 26.4. The van der Waals surface area contributed by atoms with Gasteiger partial charge in [-0.2, -0.15) is 26.3 Å². The second-order valence-electron chi connectivity index (χ2n) is 9.63. The van der Waals surface area contributed by atoms with E-state index in [-0.39, 0.29) is 49.4 Å². The molecule has 0 radical (unpaired) electrons. The molecule has 2 aliphatic rings. The molecule has 0 saturated heterocycles. The average Bonchev–Trinajstić information content (AvgIpc) is 3.58. The van der Waals surface area contributed by atoms with Gasteiger partial charge in [0.2, 0.25) is 5.78 Å². The highest BCUT2D eigenvalue weighted by atomic mass is 32.2. The van der Waals surface area contributed by atoms with E-state index in [1.807, 2.05) is 4.72 Å². The molecule has 4 atom stereocenters. The minimum atomic E-state index is -4.60. The van der Waals surface area contributed by atoms with Gasteiger partial charge in [-0.15, -0.1) is 11.3 Å². The third-order valence-corrected chi connectivity index (χ3v) is 8.49. The fourth-order valence-corrected chi connectivity index (χ4v) is 6.41. The molecule has 1 aliphatic heterocycles. The summed E-state index contributed by atoms with van der Waals surface area (Å²) in [6, 6.07) is 1.24. The first-order valence-electron chi connectivity index (χ1n) is 12.2. The molecule has 0 bridgehead atoms. The number of aromatic nitrogens is 4. The van der Waals surface area contributed by atoms with Crippen LogP contribution in [0.25, 0.3) is 0 Å². The standard InChI is InChI=1S/C23H25F3N6O6S2/c1-11-14(20-22-31-18(23(24,25)26)9-32(22)2-3-38-20)6-17(39-11)19(34)15-8-27-10-28-21(15)30-13-4-12(16(33)5-13)7-29-40(35,36)37/h6,8-10,12-13,16,20,29,33H,2-5,7H2,1H3,(H,27,28,30)(H,35,36,37)/t12-,13-,16+,20-/m1/s1. The fraction of sp³-hybridized carbons (Fsp3) is 0.478. The molecule has 1 aliphatic carbocycles. The number of carbonyl (C=O) groups excluding carboxylic acids is 1. The highest BCUT2D eigenvalue weighted by molar-refractivity contribution is 7.83. The summed E-state index contributed by atoms with van der Waals surface area (Å²) >= 11 is 1.16. The Balaban J connectivity index is 1.35. The van der Waals surface area contributed by atoms with Gasteiger partial charge in [0.25, 0.3) is 0 Å². The summed E-state index contributed by atoms with van der Waals surface area (Å²) in [6.07, 6.45) is -2.18. The number of ketones is 1. The Bertz CT molecular complexity index is 1530. The topological polar surface area (TPSA) is 169 Å². The van der Waals surface area contributed by atoms with Crippen LogP contribution in [0.3, 0.4) is 0 Å². The molecule has 12 nitrogen and oxygen atoms in total. The van der Waals surface area contributed by atoms with Crippen LogP contribution in [-0.4, -0.2) is 68.7 Å². The Morgan fingerprint density at radius 3 is 2.83 bits per heavy atom. The molecule has 1 saturated carbocycles. The Labute approximate surface area is 230 Å². The lowest BCUT2D eigenvalue weighted by molar-refractivity contribution is -0.141. The Hall–Kier alpha value is -2.96. The zero-order chi connectivity index (χ0) is 28.8. The molecule has 0 unspecified atom stereocenters. The molecular weight excluding hydrogens is 577 g/mol. The van der Waals surface area contributed by atoms with Crippen LogP contribution in [0, 0.1) is 12.8 Å². The number of nitrogens with zero attached hydrogens (tertiary/aromatic N) is 4. The number of thiophene rings is 1. The summed E-state index contributed by atoms with van der Waals surface area (Å²) in [6.45, 7) is 1.99. The van der Waals surface area contributed by atoms with Gasteiger partial charge in [0.1, 0.15) is 24.1 Å². The predicted molar refractivity (Wildman–Crippen MR) is 135 cm³/mol. The van der Waals surface area contributed by atoms with E-state index in [0.29, 0.717) is 21.7 Å². The number of aliphatic hydroxyl groups is 1. The Morgan fingerprint density at radius 1 is 1.32 bits per heavy atom. The molecule has 0 spiro atoms. The van der Waals surface area contributed by atoms with Gasteiger partial charge in [-0.25, -0.2) is 15.0 Å². The number of aliphatic hydroxyl groups excluding tert-OH is 1. The second kappa shape index (κ2) is 10.8. The summed E-state index contributed by atoms with van der Waals surface area (Å²) in [7, 11) is -4.40. The molecule has 3 aromatic rings. The number of hydrogen-bond acceptors (Lipinski definition) is 10. The summed E-state index contributed by atoms with van der Waals surface area (Å²) in [5, 5.41) is 13.4. The van der Waals surface area contributed by atoms with Gasteiger partial charge in [0.15, 0.2) is 5.69 Å². The van der Waals surface area contributed by atoms with Crippen molar-refractivity contribution >= 4 is 33.2 Å². The Morgan fingerprint density at radius 2 is 2.10 bits per heavy atom. The number of alkyl halides is 3. The first-order chi connectivity index (χ1) is 18.8. The first-order valence-corrected chi connectivity index (χ1v) is 14.4. The Kier molecular flexibility index (Phi) is 7.71. The normalized spacial score (nSPS) is 23.2. The van der Waals surface area contributed by atoms with Crippen LogP contribution in [-0.2, 0) is 27.8 Å². The van der Waals surface area contributed by atoms with Crippen LogP contribution in [0.2, 0.25) is 0 Å². The SMILES string of the molecule is Cc1sc(C(=O)c2cncnc2N[C@@H]2C[C@H](CNS(=O)(=O)O)[C@@H](O)C2)cc1[C@H]1OCCn2cc(C(F)(F)F)nc21. The highest BCUT2D eigenvalue weighted by Gasteiger charge is 2.38. The molecule has 0 amide bonds. The van der Waals surface area contributed by atoms with E-state index >= 15 is 0 Å². The van der Waals surface area contributed by atoms with E-state index in [1.54, 1.807) is 13.0 Å². The first kappa shape index (κ1) is 28.6. The highest BCUT2D eigenvalue weighted by Crippen LogP contribution is 2.38. The molecule has 3 aromatic heterocycles. The quantitative estimate of drug-likeness (QED) is 0.222. The molecule has 1 fully saturated rings. The van der Waals surface area contributed by atoms with Crippen molar-refractivity contribution in [1.82, 2.24) is 24.2 Å². The smallest absolute Gasteiger partial charge is 0.393 e. The van der Waals surface area contributed by atoms with Crippen LogP contribution in [0.4, 0.5) is 19.0 Å². The van der Waals surface area contributed by atoms with Gasteiger partial charge in [0, 0.05) is 47.9 Å². The molecule has 4 N–H and O–H groups in total. The number of carbonyl (C=O) groups is 1. The van der Waals surface area contributed by atoms with Gasteiger partial charge < -0.3 is 19.7 Å². The van der Waals surface area contributed by atoms with Crippen molar-refractivity contribution in [3.8, 4) is 0 Å². The van der Waals surface area contributed by atoms with Gasteiger partial charge in [0.05, 0.1) is 23.2 Å². The molecule has 4 heterocycles. The minimum absolute atomic E-state index is 0.113. The molecule has 5 rings (SSSR count). The molecule has 17 heteroatoms. The van der Waals surface area contributed by atoms with Gasteiger partial charge >= 0.3 is 16.5 Å². The van der Waals surface area contributed by atoms with Crippen LogP contribution >= 0.6 is 11.3 Å². The lowest BCUT2D eigenvalue weighted by atomic mass is 10.1. The maximum Gasteiger partial charge on any atom is 0.434 e. The fourth-order valence-electron chi connectivity index (χ4n) is 4.99. The molecule has 216 valence electrons. The maximum atomic E-state index is 13.5. The third kappa shape index (κ3) is 6.03. The third-order valence-electron chi connectivity index (χ3n) is 6.89. The number of imidazole rings is 1. The number of rotatable bonds is 8. The number of hydrogen-bond donors (Lipinski definition) is 4. The van der Waals surface area contributed by atoms with E-state index in [9.17, 15) is 31.5 Å². The van der Waals surface area contributed by atoms with Crippen LogP contribution in [0.15, 0.2) is 24.8 Å². The second-order valence-corrected chi connectivity index (χ2v) is 12.1. The molecule has 0 aromatic carbocycles. The maximum absolute atomic E-state index is 13.5. The van der Waals surface area contributed by atoms with Gasteiger partial charge in [-0.3, -0.25) is 9.35 Å². The lowest BCUT2D eigenvalue weighted by Gasteiger charge is -2.24. The van der Waals surface area contributed by atoms with Crippen molar-refractivity contribution in [1.29, 1.82) is 0 Å². The van der Waals surface area contributed by atoms with E-state index in [2.05, 4.69) is 20.3 Å². The summed E-state index contributed by atoms with van der Waals surface area (Å²) in [5.74, 6) is -0.557. The average molecular weight is 603 g/mol. The minimum Gasteiger partial charge on any atom is -0.393 e. The number of anilines is 1. The van der Waals surface area contributed by atoms with Crippen LogP contribution < -0.4 is 10.0 Å². The van der Waals surface area contributed by atoms with Crippen molar-refractivity contribution in [3.05, 3.63) is 57.2 Å². The van der Waals surface area contributed by atoms with Gasteiger partial charge in [-0.05, 0) is 25.8 Å². The van der Waals surface area contributed by atoms with E-state index in [1.165, 1.54) is 17.1 Å². The van der Waals surface area contributed by atoms with Crippen molar-refractivity contribution in [2.45, 2.75) is 50.7 Å². The van der Waals surface area contributed by atoms with Crippen LogP contribution in [0.5, 0.6) is 0 Å². The lowest BCUT2D eigenvalue weighted by Crippen LogP contribution is -2.32. The molecular formula is C23H25F3N6O6S2. The van der Waals surface area contributed by atoms with Crippen LogP contribution in [0.1, 0.15) is 56.1 Å². The number of nitrogens with one attached hydrogen (secondary N) is 2. The zero-order valence-electron chi connectivity index (χ0n) is 20.9. The monoisotopic (exact) mass is 602 g/mol. The number of halogens is 3. The summed E-state index contributed by atoms with van der Waals surface area (Å²) < 4.78 is 79.9. The van der Waals surface area contributed by atoms with Gasteiger partial charge in [-0.1, -0.05) is 0 Å². The van der Waals surface area contributed by atoms with E-state index in [4.69, 9.17) is 9.29 Å². The van der Waals surface area contributed by atoms with Crippen molar-refractivity contribution in [2.75, 3.05) is 18.5 Å². The number of ether oxygens (including phenoxy) is 1.